The van der Waals surface area contributed by atoms with Crippen LogP contribution in [0.3, 0.4) is 0 Å². The predicted octanol–water partition coefficient (Wildman–Crippen LogP) is 17.2. The first kappa shape index (κ1) is 37.6. The summed E-state index contributed by atoms with van der Waals surface area (Å²) in [6.45, 7) is 0. The lowest BCUT2D eigenvalue weighted by molar-refractivity contribution is 0.669. The Morgan fingerprint density at radius 2 is 0.619 bits per heavy atom. The highest BCUT2D eigenvalue weighted by molar-refractivity contribution is 6.10. The highest BCUT2D eigenvalue weighted by Gasteiger charge is 2.22. The van der Waals surface area contributed by atoms with Crippen molar-refractivity contribution in [1.82, 2.24) is 0 Å². The molecule has 11 rings (SSSR count). The normalized spacial score (nSPS) is 11.2. The number of hydrogen-bond acceptors (Lipinski definition) is 3. The molecule has 3 nitrogen and oxygen atoms in total. The smallest absolute Gasteiger partial charge is 0.159 e. The topological polar surface area (TPSA) is 19.6 Å². The first-order chi connectivity index (χ1) is 31.2. The van der Waals surface area contributed by atoms with Crippen LogP contribution in [0, 0.1) is 0 Å². The molecule has 0 amide bonds. The van der Waals surface area contributed by atoms with E-state index in [0.29, 0.717) is 0 Å². The molecule has 0 unspecified atom stereocenters. The van der Waals surface area contributed by atoms with Crippen LogP contribution in [0.2, 0.25) is 0 Å². The van der Waals surface area contributed by atoms with Crippen molar-refractivity contribution < 1.29 is 4.42 Å². The van der Waals surface area contributed by atoms with E-state index >= 15 is 0 Å². The zero-order valence-electron chi connectivity index (χ0n) is 34.6. The number of para-hydroxylation sites is 3. The van der Waals surface area contributed by atoms with Gasteiger partial charge in [-0.3, -0.25) is 0 Å². The number of nitrogens with zero attached hydrogens (tertiary/aromatic N) is 2. The van der Waals surface area contributed by atoms with E-state index in [4.69, 9.17) is 4.42 Å². The lowest BCUT2D eigenvalue weighted by Crippen LogP contribution is -2.12. The SMILES string of the molecule is c1ccc(-c2cccc(N(c3cccc(-c4ccccc4)c3)c3ccccc3-c3cccc(N(c4cccc(-c5ccccc5)c4)c4cccc5c4oc4ccccc45)c3)c2)cc1. The van der Waals surface area contributed by atoms with Gasteiger partial charge in [-0.2, -0.15) is 0 Å². The molecular weight excluding hydrogens is 765 g/mol. The van der Waals surface area contributed by atoms with Crippen LogP contribution in [-0.2, 0) is 0 Å². The molecule has 0 saturated carbocycles. The van der Waals surface area contributed by atoms with Gasteiger partial charge in [-0.05, 0) is 106 Å². The van der Waals surface area contributed by atoms with Gasteiger partial charge in [0.15, 0.2) is 5.58 Å². The zero-order chi connectivity index (χ0) is 42.0. The van der Waals surface area contributed by atoms with Crippen LogP contribution in [0.5, 0.6) is 0 Å². The minimum absolute atomic E-state index is 0.845. The molecule has 0 saturated heterocycles. The Bertz CT molecular complexity index is 3270. The minimum Gasteiger partial charge on any atom is -0.454 e. The first-order valence-electron chi connectivity index (χ1n) is 21.4. The molecular formula is C60H42N2O. The second kappa shape index (κ2) is 16.6. The zero-order valence-corrected chi connectivity index (χ0v) is 34.6. The van der Waals surface area contributed by atoms with Gasteiger partial charge < -0.3 is 14.2 Å². The van der Waals surface area contributed by atoms with Crippen molar-refractivity contribution in [3.8, 4) is 44.5 Å². The third-order valence-electron chi connectivity index (χ3n) is 11.8. The van der Waals surface area contributed by atoms with Gasteiger partial charge >= 0.3 is 0 Å². The van der Waals surface area contributed by atoms with E-state index in [9.17, 15) is 0 Å². The molecule has 63 heavy (non-hydrogen) atoms. The van der Waals surface area contributed by atoms with Crippen LogP contribution in [0.1, 0.15) is 0 Å². The van der Waals surface area contributed by atoms with Crippen LogP contribution in [0.4, 0.5) is 34.1 Å². The van der Waals surface area contributed by atoms with Gasteiger partial charge in [0.25, 0.3) is 0 Å². The Hall–Kier alpha value is -8.40. The van der Waals surface area contributed by atoms with Crippen LogP contribution in [-0.4, -0.2) is 0 Å². The summed E-state index contributed by atoms with van der Waals surface area (Å²) in [6.07, 6.45) is 0. The molecule has 0 aliphatic heterocycles. The Morgan fingerprint density at radius 3 is 1.16 bits per heavy atom. The summed E-state index contributed by atoms with van der Waals surface area (Å²) in [5, 5.41) is 2.18. The second-order valence-corrected chi connectivity index (χ2v) is 15.7. The average Bonchev–Trinajstić information content (AvgIpc) is 3.75. The molecule has 0 bridgehead atoms. The molecule has 0 radical (unpaired) electrons. The van der Waals surface area contributed by atoms with Gasteiger partial charge in [-0.25, -0.2) is 0 Å². The van der Waals surface area contributed by atoms with Crippen LogP contribution in [0.15, 0.2) is 259 Å². The number of rotatable bonds is 10. The molecule has 0 atom stereocenters. The summed E-state index contributed by atoms with van der Waals surface area (Å²) < 4.78 is 6.72. The summed E-state index contributed by atoms with van der Waals surface area (Å²) in [5.41, 5.74) is 17.1. The number of furan rings is 1. The van der Waals surface area contributed by atoms with Crippen molar-refractivity contribution in [3.63, 3.8) is 0 Å². The number of fused-ring (bicyclic) bond motifs is 3. The van der Waals surface area contributed by atoms with Crippen LogP contribution < -0.4 is 9.80 Å². The van der Waals surface area contributed by atoms with E-state index in [1.165, 1.54) is 11.1 Å². The fourth-order valence-electron chi connectivity index (χ4n) is 8.85. The van der Waals surface area contributed by atoms with Crippen molar-refractivity contribution in [1.29, 1.82) is 0 Å². The van der Waals surface area contributed by atoms with Crippen molar-refractivity contribution in [2.75, 3.05) is 9.80 Å². The van der Waals surface area contributed by atoms with E-state index in [1.54, 1.807) is 0 Å². The van der Waals surface area contributed by atoms with E-state index in [2.05, 4.69) is 252 Å². The van der Waals surface area contributed by atoms with Gasteiger partial charge in [0, 0.05) is 39.1 Å². The molecule has 0 aliphatic carbocycles. The Kier molecular flexibility index (Phi) is 9.89. The summed E-state index contributed by atoms with van der Waals surface area (Å²) in [7, 11) is 0. The number of hydrogen-bond donors (Lipinski definition) is 0. The largest absolute Gasteiger partial charge is 0.454 e. The minimum atomic E-state index is 0.845. The molecule has 10 aromatic carbocycles. The lowest BCUT2D eigenvalue weighted by atomic mass is 9.98. The summed E-state index contributed by atoms with van der Waals surface area (Å²) in [6, 6.07) is 90.7. The van der Waals surface area contributed by atoms with E-state index < -0.39 is 0 Å². The maximum Gasteiger partial charge on any atom is 0.159 e. The molecule has 11 aromatic rings. The molecule has 0 spiro atoms. The fourth-order valence-corrected chi connectivity index (χ4v) is 8.85. The monoisotopic (exact) mass is 806 g/mol. The summed E-state index contributed by atoms with van der Waals surface area (Å²) in [4.78, 5) is 4.74. The first-order valence-corrected chi connectivity index (χ1v) is 21.4. The second-order valence-electron chi connectivity index (χ2n) is 15.7. The van der Waals surface area contributed by atoms with Crippen molar-refractivity contribution >= 4 is 56.1 Å². The molecule has 0 fully saturated rings. The third kappa shape index (κ3) is 7.32. The molecule has 0 aliphatic rings. The van der Waals surface area contributed by atoms with Gasteiger partial charge in [0.1, 0.15) is 5.58 Å². The van der Waals surface area contributed by atoms with E-state index in [1.807, 2.05) is 12.1 Å². The Morgan fingerprint density at radius 1 is 0.254 bits per heavy atom. The molecule has 0 N–H and O–H groups in total. The van der Waals surface area contributed by atoms with Crippen molar-refractivity contribution in [2.45, 2.75) is 0 Å². The maximum atomic E-state index is 6.72. The Balaban J connectivity index is 1.10. The summed E-state index contributed by atoms with van der Waals surface area (Å²) in [5.74, 6) is 0. The molecule has 298 valence electrons. The highest BCUT2D eigenvalue weighted by atomic mass is 16.3. The maximum absolute atomic E-state index is 6.72. The lowest BCUT2D eigenvalue weighted by Gasteiger charge is -2.29. The molecule has 1 aromatic heterocycles. The molecule has 1 heterocycles. The third-order valence-corrected chi connectivity index (χ3v) is 11.8. The average molecular weight is 807 g/mol. The number of benzene rings is 10. The van der Waals surface area contributed by atoms with Gasteiger partial charge in [-0.15, -0.1) is 0 Å². The van der Waals surface area contributed by atoms with E-state index in [0.717, 1.165) is 89.4 Å². The summed E-state index contributed by atoms with van der Waals surface area (Å²) >= 11 is 0. The predicted molar refractivity (Wildman–Crippen MR) is 265 cm³/mol. The van der Waals surface area contributed by atoms with Gasteiger partial charge in [0.05, 0.1) is 11.4 Å². The standard InChI is InChI=1S/C60H42N2O/c1-4-19-43(20-5-1)46-25-14-29-50(39-46)61(51-30-15-26-47(40-51)44-21-6-2-7-22-44)57-36-12-10-33-54(57)49-28-17-32-53(42-49)62(52-31-16-27-48(41-52)45-23-8-3-9-24-45)58-37-18-35-56-55-34-11-13-38-59(55)63-60(56)58/h1-42H. The van der Waals surface area contributed by atoms with Gasteiger partial charge in [0.2, 0.25) is 0 Å². The van der Waals surface area contributed by atoms with E-state index in [-0.39, 0.29) is 0 Å². The molecule has 3 heteroatoms. The van der Waals surface area contributed by atoms with Crippen molar-refractivity contribution in [2.24, 2.45) is 0 Å². The fraction of sp³-hybridized carbons (Fsp3) is 0. The van der Waals surface area contributed by atoms with Crippen LogP contribution in [0.25, 0.3) is 66.4 Å². The van der Waals surface area contributed by atoms with Gasteiger partial charge in [-0.1, -0.05) is 188 Å². The van der Waals surface area contributed by atoms with Crippen LogP contribution >= 0.6 is 0 Å². The highest BCUT2D eigenvalue weighted by Crippen LogP contribution is 2.46. The quantitative estimate of drug-likeness (QED) is 0.137. The van der Waals surface area contributed by atoms with Crippen molar-refractivity contribution in [3.05, 3.63) is 255 Å². The number of anilines is 6. The Labute approximate surface area is 368 Å².